The Hall–Kier alpha value is -3.40. The second-order valence-corrected chi connectivity index (χ2v) is 5.75. The number of ketones is 2. The van der Waals surface area contributed by atoms with Crippen LogP contribution >= 0.6 is 0 Å². The fourth-order valence-electron chi connectivity index (χ4n) is 3.23. The molecule has 0 unspecified atom stereocenters. The van der Waals surface area contributed by atoms with Gasteiger partial charge in [0, 0.05) is 27.9 Å². The maximum absolute atomic E-state index is 12.9. The van der Waals surface area contributed by atoms with Gasteiger partial charge in [-0.05, 0) is 11.6 Å². The fraction of sp³-hybridized carbons (Fsp3) is 0. The molecule has 1 aliphatic rings. The molecule has 4 nitrogen and oxygen atoms in total. The first kappa shape index (κ1) is 14.2. The zero-order chi connectivity index (χ0) is 16.8. The Morgan fingerprint density at radius 2 is 1.21 bits per heavy atom. The number of rotatable bonds is 1. The number of nitrogens with two attached hydrogens (primary N) is 2. The lowest BCUT2D eigenvalue weighted by Gasteiger charge is -2.22. The van der Waals surface area contributed by atoms with Crippen molar-refractivity contribution in [2.45, 2.75) is 0 Å². The molecule has 0 spiro atoms. The van der Waals surface area contributed by atoms with Gasteiger partial charge in [-0.25, -0.2) is 0 Å². The summed E-state index contributed by atoms with van der Waals surface area (Å²) in [5.41, 5.74) is 15.8. The average molecular weight is 314 g/mol. The van der Waals surface area contributed by atoms with Gasteiger partial charge in [0.05, 0.1) is 11.3 Å². The topological polar surface area (TPSA) is 86.2 Å². The first-order chi connectivity index (χ1) is 11.6. The van der Waals surface area contributed by atoms with Gasteiger partial charge in [-0.15, -0.1) is 0 Å². The fourth-order valence-corrected chi connectivity index (χ4v) is 3.23. The molecule has 4 heteroatoms. The molecule has 0 aromatic heterocycles. The number of carbonyl (C=O) groups excluding carboxylic acids is 2. The SMILES string of the molecule is Nc1cc2c(c(N)c1-c1ccccc1)C(=O)c1ccccc1C2=O. The molecule has 0 heterocycles. The minimum Gasteiger partial charge on any atom is -0.398 e. The van der Waals surface area contributed by atoms with Crippen LogP contribution in [0, 0.1) is 0 Å². The highest BCUT2D eigenvalue weighted by Crippen LogP contribution is 2.40. The average Bonchev–Trinajstić information content (AvgIpc) is 2.60. The van der Waals surface area contributed by atoms with E-state index in [4.69, 9.17) is 11.5 Å². The first-order valence-corrected chi connectivity index (χ1v) is 7.55. The molecule has 0 atom stereocenters. The van der Waals surface area contributed by atoms with Gasteiger partial charge in [0.2, 0.25) is 0 Å². The maximum atomic E-state index is 12.9. The lowest BCUT2D eigenvalue weighted by molar-refractivity contribution is 0.0980. The molecule has 4 rings (SSSR count). The molecule has 0 saturated carbocycles. The van der Waals surface area contributed by atoms with E-state index in [1.807, 2.05) is 30.3 Å². The standard InChI is InChI=1S/C20H14N2O2/c21-15-10-14-17(18(22)16(15)11-6-2-1-3-7-11)20(24)13-9-5-4-8-12(13)19(14)23/h1-10H,21-22H2. The largest absolute Gasteiger partial charge is 0.398 e. The van der Waals surface area contributed by atoms with Crippen molar-refractivity contribution < 1.29 is 9.59 Å². The normalized spacial score (nSPS) is 12.7. The van der Waals surface area contributed by atoms with Crippen molar-refractivity contribution >= 4 is 22.9 Å². The van der Waals surface area contributed by atoms with Crippen molar-refractivity contribution in [3.05, 3.63) is 82.9 Å². The van der Waals surface area contributed by atoms with Gasteiger partial charge in [0.25, 0.3) is 0 Å². The lowest BCUT2D eigenvalue weighted by Crippen LogP contribution is -2.23. The zero-order valence-corrected chi connectivity index (χ0v) is 12.7. The van der Waals surface area contributed by atoms with Gasteiger partial charge >= 0.3 is 0 Å². The molecule has 4 N–H and O–H groups in total. The smallest absolute Gasteiger partial charge is 0.196 e. The molecule has 0 fully saturated rings. The Labute approximate surface area is 138 Å². The Bertz CT molecular complexity index is 1010. The van der Waals surface area contributed by atoms with Crippen LogP contribution in [0.25, 0.3) is 11.1 Å². The maximum Gasteiger partial charge on any atom is 0.196 e. The summed E-state index contributed by atoms with van der Waals surface area (Å²) in [4.78, 5) is 25.6. The van der Waals surface area contributed by atoms with Crippen LogP contribution in [0.5, 0.6) is 0 Å². The molecule has 0 radical (unpaired) electrons. The summed E-state index contributed by atoms with van der Waals surface area (Å²) in [6, 6.07) is 17.7. The van der Waals surface area contributed by atoms with E-state index in [2.05, 4.69) is 0 Å². The summed E-state index contributed by atoms with van der Waals surface area (Å²) < 4.78 is 0. The van der Waals surface area contributed by atoms with E-state index < -0.39 is 0 Å². The Morgan fingerprint density at radius 1 is 0.625 bits per heavy atom. The van der Waals surface area contributed by atoms with Crippen LogP contribution in [-0.4, -0.2) is 11.6 Å². The zero-order valence-electron chi connectivity index (χ0n) is 12.7. The van der Waals surface area contributed by atoms with Gasteiger partial charge in [0.1, 0.15) is 0 Å². The number of carbonyl (C=O) groups is 2. The van der Waals surface area contributed by atoms with Gasteiger partial charge in [-0.1, -0.05) is 54.6 Å². The molecule has 116 valence electrons. The second-order valence-electron chi connectivity index (χ2n) is 5.75. The number of fused-ring (bicyclic) bond motifs is 2. The minimum atomic E-state index is -0.241. The minimum absolute atomic E-state index is 0.224. The Morgan fingerprint density at radius 3 is 1.88 bits per heavy atom. The molecule has 0 aliphatic heterocycles. The monoisotopic (exact) mass is 314 g/mol. The third-order valence-corrected chi connectivity index (χ3v) is 4.35. The van der Waals surface area contributed by atoms with Crippen LogP contribution in [0.2, 0.25) is 0 Å². The van der Waals surface area contributed by atoms with Crippen LogP contribution in [0.1, 0.15) is 31.8 Å². The molecule has 0 bridgehead atoms. The Kier molecular flexibility index (Phi) is 3.00. The third-order valence-electron chi connectivity index (χ3n) is 4.35. The van der Waals surface area contributed by atoms with Crippen molar-refractivity contribution in [1.29, 1.82) is 0 Å². The van der Waals surface area contributed by atoms with Crippen LogP contribution in [0.3, 0.4) is 0 Å². The van der Waals surface area contributed by atoms with Crippen LogP contribution in [0.4, 0.5) is 11.4 Å². The highest BCUT2D eigenvalue weighted by atomic mass is 16.1. The van der Waals surface area contributed by atoms with E-state index in [1.54, 1.807) is 30.3 Å². The Balaban J connectivity index is 2.03. The van der Waals surface area contributed by atoms with E-state index in [0.717, 1.165) is 5.56 Å². The van der Waals surface area contributed by atoms with Crippen molar-refractivity contribution in [3.63, 3.8) is 0 Å². The highest BCUT2D eigenvalue weighted by Gasteiger charge is 2.33. The van der Waals surface area contributed by atoms with Crippen molar-refractivity contribution in [2.75, 3.05) is 11.5 Å². The summed E-state index contributed by atoms with van der Waals surface area (Å²) in [7, 11) is 0. The number of anilines is 2. The number of hydrogen-bond donors (Lipinski definition) is 2. The third kappa shape index (κ3) is 1.86. The predicted molar refractivity (Wildman–Crippen MR) is 94.0 cm³/mol. The molecule has 1 aliphatic carbocycles. The molecule has 0 amide bonds. The summed E-state index contributed by atoms with van der Waals surface area (Å²) in [5, 5.41) is 0. The molecule has 0 saturated heterocycles. The van der Waals surface area contributed by atoms with E-state index in [1.165, 1.54) is 0 Å². The molecule has 3 aromatic carbocycles. The summed E-state index contributed by atoms with van der Waals surface area (Å²) in [5.74, 6) is -0.465. The van der Waals surface area contributed by atoms with Gasteiger partial charge in [-0.3, -0.25) is 9.59 Å². The van der Waals surface area contributed by atoms with Gasteiger partial charge in [-0.2, -0.15) is 0 Å². The van der Waals surface area contributed by atoms with Gasteiger partial charge < -0.3 is 11.5 Å². The molecular formula is C20H14N2O2. The van der Waals surface area contributed by atoms with E-state index in [0.29, 0.717) is 22.4 Å². The highest BCUT2D eigenvalue weighted by molar-refractivity contribution is 6.31. The summed E-state index contributed by atoms with van der Waals surface area (Å²) in [6.07, 6.45) is 0. The van der Waals surface area contributed by atoms with Crippen LogP contribution in [-0.2, 0) is 0 Å². The lowest BCUT2D eigenvalue weighted by atomic mass is 9.81. The summed E-state index contributed by atoms with van der Waals surface area (Å²) in [6.45, 7) is 0. The van der Waals surface area contributed by atoms with E-state index >= 15 is 0 Å². The van der Waals surface area contributed by atoms with Crippen molar-refractivity contribution in [1.82, 2.24) is 0 Å². The number of hydrogen-bond acceptors (Lipinski definition) is 4. The number of benzene rings is 3. The molecule has 24 heavy (non-hydrogen) atoms. The van der Waals surface area contributed by atoms with Crippen LogP contribution < -0.4 is 11.5 Å². The van der Waals surface area contributed by atoms with Crippen molar-refractivity contribution in [2.24, 2.45) is 0 Å². The summed E-state index contributed by atoms with van der Waals surface area (Å²) >= 11 is 0. The van der Waals surface area contributed by atoms with Crippen molar-refractivity contribution in [3.8, 4) is 11.1 Å². The first-order valence-electron chi connectivity index (χ1n) is 7.55. The van der Waals surface area contributed by atoms with Gasteiger partial charge in [0.15, 0.2) is 11.6 Å². The van der Waals surface area contributed by atoms with E-state index in [9.17, 15) is 9.59 Å². The molecule has 3 aromatic rings. The predicted octanol–water partition coefficient (Wildman–Crippen LogP) is 3.29. The number of nitrogen functional groups attached to an aromatic ring is 2. The van der Waals surface area contributed by atoms with E-state index in [-0.39, 0.29) is 28.4 Å². The molecular weight excluding hydrogens is 300 g/mol. The second kappa shape index (κ2) is 5.06. The van der Waals surface area contributed by atoms with Crippen LogP contribution in [0.15, 0.2) is 60.7 Å². The quantitative estimate of drug-likeness (QED) is 0.528.